The van der Waals surface area contributed by atoms with E-state index < -0.39 is 35.3 Å². The predicted molar refractivity (Wildman–Crippen MR) is 147 cm³/mol. The van der Waals surface area contributed by atoms with Gasteiger partial charge < -0.3 is 20.4 Å². The fourth-order valence-corrected chi connectivity index (χ4v) is 8.38. The minimum Gasteiger partial charge on any atom is -0.504 e. The minimum absolute atomic E-state index is 0.0608. The van der Waals surface area contributed by atoms with Crippen molar-refractivity contribution >= 4 is 11.6 Å². The van der Waals surface area contributed by atoms with Gasteiger partial charge in [-0.1, -0.05) is 45.9 Å². The molecule has 1 aromatic rings. The lowest BCUT2D eigenvalue weighted by Gasteiger charge is -2.60. The summed E-state index contributed by atoms with van der Waals surface area (Å²) in [5.74, 6) is -1.45. The highest BCUT2D eigenvalue weighted by Gasteiger charge is 2.72. The number of carbonyl (C=O) groups is 2. The number of alkyl halides is 1. The van der Waals surface area contributed by atoms with Crippen molar-refractivity contribution in [2.24, 2.45) is 34.5 Å². The fraction of sp³-hybridized carbons (Fsp3) is 0.613. The van der Waals surface area contributed by atoms with Gasteiger partial charge in [-0.2, -0.15) is 5.06 Å². The number of phenols is 2. The van der Waals surface area contributed by atoms with E-state index in [2.05, 4.69) is 0 Å². The van der Waals surface area contributed by atoms with Crippen LogP contribution in [0.1, 0.15) is 47.0 Å². The number of Topliss-reactive ketones (excluding diaryl/α,β-unsaturated/α-hetero) is 1. The molecule has 0 bridgehead atoms. The third kappa shape index (κ3) is 4.61. The molecule has 4 aliphatic rings. The average Bonchev–Trinajstić information content (AvgIpc) is 3.13. The number of aliphatic hydroxyl groups is 2. The maximum absolute atomic E-state index is 15.5. The van der Waals surface area contributed by atoms with E-state index in [1.165, 1.54) is 24.3 Å². The van der Waals surface area contributed by atoms with E-state index in [4.69, 9.17) is 15.1 Å². The van der Waals surface area contributed by atoms with Crippen LogP contribution in [0.15, 0.2) is 48.1 Å². The molecule has 9 atom stereocenters. The SMILES string of the molecule is CCN(C)O[C@]1(C(=O)CO)[C@H](C)CC2C3C[C@H](F)C4=CC(=O)C=CC4(C)C3C(O)CC21C.Oc1ccccc1O. The van der Waals surface area contributed by atoms with Gasteiger partial charge in [0.25, 0.3) is 0 Å². The minimum atomic E-state index is -1.29. The van der Waals surface area contributed by atoms with Crippen LogP contribution in [-0.4, -0.2) is 75.1 Å². The number of rotatable bonds is 5. The summed E-state index contributed by atoms with van der Waals surface area (Å²) in [7, 11) is 1.76. The van der Waals surface area contributed by atoms with E-state index in [0.717, 1.165) is 0 Å². The van der Waals surface area contributed by atoms with Gasteiger partial charge in [0.1, 0.15) is 12.8 Å². The molecule has 0 aliphatic heterocycles. The van der Waals surface area contributed by atoms with Gasteiger partial charge in [-0.25, -0.2) is 4.39 Å². The van der Waals surface area contributed by atoms with Crippen LogP contribution in [0.25, 0.3) is 0 Å². The van der Waals surface area contributed by atoms with Crippen LogP contribution in [0.2, 0.25) is 0 Å². The zero-order valence-electron chi connectivity index (χ0n) is 23.9. The highest BCUT2D eigenvalue weighted by molar-refractivity contribution is 6.01. The maximum atomic E-state index is 15.5. The summed E-state index contributed by atoms with van der Waals surface area (Å²) in [6.07, 6.45) is 3.75. The first kappa shape index (κ1) is 30.4. The van der Waals surface area contributed by atoms with Crippen molar-refractivity contribution in [3.05, 3.63) is 48.1 Å². The van der Waals surface area contributed by atoms with E-state index >= 15 is 4.39 Å². The normalized spacial score (nSPS) is 39.9. The molecule has 1 aromatic carbocycles. The van der Waals surface area contributed by atoms with E-state index in [-0.39, 0.29) is 53.2 Å². The molecule has 0 aromatic heterocycles. The van der Waals surface area contributed by atoms with Crippen LogP contribution < -0.4 is 0 Å². The number of carbonyl (C=O) groups excluding carboxylic acids is 2. The zero-order valence-corrected chi connectivity index (χ0v) is 23.9. The Morgan fingerprint density at radius 3 is 2.35 bits per heavy atom. The van der Waals surface area contributed by atoms with E-state index in [0.29, 0.717) is 25.0 Å². The van der Waals surface area contributed by atoms with Crippen molar-refractivity contribution in [3.8, 4) is 11.5 Å². The first-order valence-corrected chi connectivity index (χ1v) is 14.1. The summed E-state index contributed by atoms with van der Waals surface area (Å²) in [6.45, 7) is 7.68. The van der Waals surface area contributed by atoms with E-state index in [1.54, 1.807) is 30.3 Å². The van der Waals surface area contributed by atoms with Gasteiger partial charge in [-0.05, 0) is 66.9 Å². The molecule has 6 unspecified atom stereocenters. The zero-order chi connectivity index (χ0) is 29.6. The van der Waals surface area contributed by atoms with Gasteiger partial charge in [0, 0.05) is 30.3 Å². The molecular formula is C31H42FNO7. The summed E-state index contributed by atoms with van der Waals surface area (Å²) in [5.41, 5.74) is -2.33. The van der Waals surface area contributed by atoms with Crippen LogP contribution in [0.3, 0.4) is 0 Å². The molecule has 220 valence electrons. The summed E-state index contributed by atoms with van der Waals surface area (Å²) in [6, 6.07) is 6.15. The molecule has 9 heteroatoms. The van der Waals surface area contributed by atoms with Gasteiger partial charge in [0.15, 0.2) is 28.7 Å². The lowest BCUT2D eigenvalue weighted by Crippen LogP contribution is -2.65. The van der Waals surface area contributed by atoms with Crippen molar-refractivity contribution < 1.29 is 39.2 Å². The van der Waals surface area contributed by atoms with Crippen molar-refractivity contribution in [3.63, 3.8) is 0 Å². The smallest absolute Gasteiger partial charge is 0.192 e. The number of aliphatic hydroxyl groups excluding tert-OH is 2. The van der Waals surface area contributed by atoms with Gasteiger partial charge in [-0.3, -0.25) is 14.4 Å². The van der Waals surface area contributed by atoms with E-state index in [1.807, 2.05) is 27.7 Å². The number of halogens is 1. The Labute approximate surface area is 235 Å². The number of benzene rings is 1. The van der Waals surface area contributed by atoms with Crippen LogP contribution in [-0.2, 0) is 14.4 Å². The lowest BCUT2D eigenvalue weighted by molar-refractivity contribution is -0.282. The number of ketones is 2. The maximum Gasteiger partial charge on any atom is 0.192 e. The molecular weight excluding hydrogens is 517 g/mol. The van der Waals surface area contributed by atoms with Gasteiger partial charge in [0.05, 0.1) is 6.10 Å². The predicted octanol–water partition coefficient (Wildman–Crippen LogP) is 3.74. The highest BCUT2D eigenvalue weighted by Crippen LogP contribution is 2.69. The topological polar surface area (TPSA) is 128 Å². The second kappa shape index (κ2) is 11.0. The number of nitrogens with zero attached hydrogens (tertiary/aromatic N) is 1. The average molecular weight is 560 g/mol. The number of hydrogen-bond acceptors (Lipinski definition) is 8. The molecule has 0 amide bonds. The Bertz CT molecular complexity index is 1180. The number of hydrogen-bond donors (Lipinski definition) is 4. The molecule has 40 heavy (non-hydrogen) atoms. The molecule has 0 heterocycles. The van der Waals surface area contributed by atoms with Crippen molar-refractivity contribution in [2.45, 2.75) is 64.8 Å². The van der Waals surface area contributed by atoms with Crippen LogP contribution in [0, 0.1) is 34.5 Å². The first-order chi connectivity index (χ1) is 18.8. The number of para-hydroxylation sites is 2. The summed E-state index contributed by atoms with van der Waals surface area (Å²) in [5, 5.41) is 40.4. The molecule has 0 radical (unpaired) electrons. The molecule has 4 aliphatic carbocycles. The monoisotopic (exact) mass is 559 g/mol. The molecule has 4 N–H and O–H groups in total. The van der Waals surface area contributed by atoms with Gasteiger partial charge in [0.2, 0.25) is 0 Å². The van der Waals surface area contributed by atoms with Crippen LogP contribution in [0.5, 0.6) is 11.5 Å². The summed E-state index contributed by atoms with van der Waals surface area (Å²) < 4.78 is 15.5. The highest BCUT2D eigenvalue weighted by atomic mass is 19.1. The molecule has 0 saturated heterocycles. The molecule has 3 saturated carbocycles. The van der Waals surface area contributed by atoms with E-state index in [9.17, 15) is 19.8 Å². The Morgan fingerprint density at radius 1 is 1.18 bits per heavy atom. The molecule has 0 spiro atoms. The van der Waals surface area contributed by atoms with Crippen molar-refractivity contribution in [1.29, 1.82) is 0 Å². The van der Waals surface area contributed by atoms with Gasteiger partial charge in [-0.15, -0.1) is 0 Å². The fourth-order valence-electron chi connectivity index (χ4n) is 8.38. The third-order valence-corrected chi connectivity index (χ3v) is 10.2. The number of allylic oxidation sites excluding steroid dienone is 4. The number of hydroxylamine groups is 2. The molecule has 8 nitrogen and oxygen atoms in total. The lowest BCUT2D eigenvalue weighted by atomic mass is 9.46. The quantitative estimate of drug-likeness (QED) is 0.317. The second-order valence-corrected chi connectivity index (χ2v) is 12.3. The van der Waals surface area contributed by atoms with Crippen LogP contribution >= 0.6 is 0 Å². The summed E-state index contributed by atoms with van der Waals surface area (Å²) >= 11 is 0. The number of aromatic hydroxyl groups is 2. The summed E-state index contributed by atoms with van der Waals surface area (Å²) in [4.78, 5) is 31.6. The van der Waals surface area contributed by atoms with Crippen LogP contribution in [0.4, 0.5) is 4.39 Å². The largest absolute Gasteiger partial charge is 0.504 e. The first-order valence-electron chi connectivity index (χ1n) is 14.1. The Hall–Kier alpha value is -2.59. The Kier molecular flexibility index (Phi) is 8.36. The van der Waals surface area contributed by atoms with Crippen molar-refractivity contribution in [2.75, 3.05) is 20.2 Å². The Morgan fingerprint density at radius 2 is 1.80 bits per heavy atom. The standard InChI is InChI=1S/C25H36FNO5.C6H6O2/c1-6-27(5)32-25(21(31)13-28)14(2)9-17-16-11-19(26)18-10-15(29)7-8-23(18,3)22(16)20(30)12-24(17,25)4;7-5-3-1-2-4-6(5)8/h7-8,10,14,16-17,19-20,22,28,30H,6,9,11-13H2,1-5H3;1-4,7-8H/t14-,16?,17?,19+,20?,22?,23?,24?,25+;/m1./s1. The molecule has 3 fully saturated rings. The number of fused-ring (bicyclic) bond motifs is 5. The number of phenolic OH excluding ortho intramolecular Hbond substituents is 2. The Balaban J connectivity index is 0.000000398. The molecule has 5 rings (SSSR count). The second-order valence-electron chi connectivity index (χ2n) is 12.3. The van der Waals surface area contributed by atoms with Crippen molar-refractivity contribution in [1.82, 2.24) is 5.06 Å². The third-order valence-electron chi connectivity index (χ3n) is 10.2. The van der Waals surface area contributed by atoms with Gasteiger partial charge >= 0.3 is 0 Å².